The topological polar surface area (TPSA) is 84.9 Å². The summed E-state index contributed by atoms with van der Waals surface area (Å²) in [7, 11) is -2.36. The van der Waals surface area contributed by atoms with E-state index in [0.29, 0.717) is 29.5 Å². The lowest BCUT2D eigenvalue weighted by atomic mass is 10.3. The molecule has 0 atom stereocenters. The number of nitrogens with one attached hydrogen (secondary N) is 1. The molecule has 0 unspecified atom stereocenters. The summed E-state index contributed by atoms with van der Waals surface area (Å²) in [4.78, 5) is 12.2. The monoisotopic (exact) mass is 460 g/mol. The third kappa shape index (κ3) is 5.76. The van der Waals surface area contributed by atoms with E-state index >= 15 is 0 Å². The van der Waals surface area contributed by atoms with Crippen molar-refractivity contribution in [1.82, 2.24) is 4.31 Å². The number of carbonyl (C=O) groups is 1. The van der Waals surface area contributed by atoms with Gasteiger partial charge in [0.25, 0.3) is 5.91 Å². The summed E-state index contributed by atoms with van der Waals surface area (Å²) in [5.74, 6) is -0.0414. The van der Waals surface area contributed by atoms with E-state index in [1.165, 1.54) is 35.7 Å². The predicted octanol–water partition coefficient (Wildman–Crippen LogP) is 4.05. The maximum Gasteiger partial charge on any atom is 0.262 e. The molecule has 7 nitrogen and oxygen atoms in total. The van der Waals surface area contributed by atoms with Crippen LogP contribution < -0.4 is 14.8 Å². The molecule has 2 aromatic carbocycles. The second kappa shape index (κ2) is 10.2. The Morgan fingerprint density at radius 2 is 1.62 bits per heavy atom. The highest BCUT2D eigenvalue weighted by atomic mass is 35.5. The van der Waals surface area contributed by atoms with Crippen LogP contribution in [0.2, 0.25) is 10.0 Å². The van der Waals surface area contributed by atoms with E-state index in [4.69, 9.17) is 32.7 Å². The molecular weight excluding hydrogens is 439 g/mol. The molecule has 158 valence electrons. The Labute approximate surface area is 180 Å². The van der Waals surface area contributed by atoms with Crippen LogP contribution >= 0.6 is 23.2 Å². The molecule has 10 heteroatoms. The van der Waals surface area contributed by atoms with E-state index in [2.05, 4.69) is 5.32 Å². The largest absolute Gasteiger partial charge is 0.495 e. The molecular formula is C19H22Cl2N2O5S. The van der Waals surface area contributed by atoms with E-state index in [-0.39, 0.29) is 15.7 Å². The molecule has 2 rings (SSSR count). The number of rotatable bonds is 9. The fraction of sp³-hybridized carbons (Fsp3) is 0.316. The molecule has 1 amide bonds. The zero-order valence-electron chi connectivity index (χ0n) is 16.2. The summed E-state index contributed by atoms with van der Waals surface area (Å²) < 4.78 is 37.7. The summed E-state index contributed by atoms with van der Waals surface area (Å²) in [5.41, 5.74) is 0.376. The number of methoxy groups -OCH3 is 1. The minimum absolute atomic E-state index is 0.0366. The van der Waals surface area contributed by atoms with Crippen LogP contribution in [-0.2, 0) is 14.8 Å². The molecule has 29 heavy (non-hydrogen) atoms. The fourth-order valence-electron chi connectivity index (χ4n) is 2.61. The first-order chi connectivity index (χ1) is 13.7. The molecule has 0 bridgehead atoms. The molecule has 2 aromatic rings. The Bertz CT molecular complexity index is 979. The summed E-state index contributed by atoms with van der Waals surface area (Å²) in [6, 6.07) is 9.01. The molecule has 0 aliphatic heterocycles. The standard InChI is InChI=1S/C19H22Cl2N2O5S/c1-4-23(5-2)29(25,26)18-11-14(21)7-9-17(18)28-12-19(24)22-15-10-13(20)6-8-16(15)27-3/h6-11H,4-5,12H2,1-3H3,(H,22,24). The van der Waals surface area contributed by atoms with Gasteiger partial charge in [0.15, 0.2) is 6.61 Å². The fourth-order valence-corrected chi connectivity index (χ4v) is 4.64. The molecule has 0 saturated heterocycles. The van der Waals surface area contributed by atoms with Gasteiger partial charge in [0, 0.05) is 23.1 Å². The van der Waals surface area contributed by atoms with Crippen molar-refractivity contribution in [3.05, 3.63) is 46.4 Å². The third-order valence-corrected chi connectivity index (χ3v) is 6.56. The number of nitrogens with zero attached hydrogens (tertiary/aromatic N) is 1. The molecule has 0 aliphatic rings. The first-order valence-corrected chi connectivity index (χ1v) is 11.0. The van der Waals surface area contributed by atoms with Gasteiger partial charge in [-0.2, -0.15) is 4.31 Å². The molecule has 0 aromatic heterocycles. The number of amides is 1. The Hall–Kier alpha value is -2.00. The summed E-state index contributed by atoms with van der Waals surface area (Å²) in [6.45, 7) is 3.63. The zero-order chi connectivity index (χ0) is 21.6. The first-order valence-electron chi connectivity index (χ1n) is 8.78. The van der Waals surface area contributed by atoms with Crippen molar-refractivity contribution in [2.24, 2.45) is 0 Å². The van der Waals surface area contributed by atoms with E-state index in [0.717, 1.165) is 0 Å². The lowest BCUT2D eigenvalue weighted by Crippen LogP contribution is -2.31. The van der Waals surface area contributed by atoms with Crippen LogP contribution in [0.4, 0.5) is 5.69 Å². The van der Waals surface area contributed by atoms with Crippen LogP contribution in [0.25, 0.3) is 0 Å². The Morgan fingerprint density at radius 1 is 1.03 bits per heavy atom. The van der Waals surface area contributed by atoms with Crippen LogP contribution in [-0.4, -0.2) is 45.4 Å². The van der Waals surface area contributed by atoms with Crippen LogP contribution in [0.3, 0.4) is 0 Å². The van der Waals surface area contributed by atoms with Gasteiger partial charge < -0.3 is 14.8 Å². The summed E-state index contributed by atoms with van der Waals surface area (Å²) >= 11 is 11.9. The average Bonchev–Trinajstić information content (AvgIpc) is 2.68. The van der Waals surface area contributed by atoms with Gasteiger partial charge in [0.2, 0.25) is 10.0 Å². The molecule has 0 radical (unpaired) electrons. The summed E-state index contributed by atoms with van der Waals surface area (Å²) in [5, 5.41) is 3.30. The quantitative estimate of drug-likeness (QED) is 0.609. The molecule has 0 aliphatic carbocycles. The smallest absolute Gasteiger partial charge is 0.262 e. The van der Waals surface area contributed by atoms with E-state index in [1.54, 1.807) is 26.0 Å². The third-order valence-electron chi connectivity index (χ3n) is 4.02. The molecule has 0 saturated carbocycles. The van der Waals surface area contributed by atoms with Gasteiger partial charge in [-0.15, -0.1) is 0 Å². The number of carbonyl (C=O) groups excluding carboxylic acids is 1. The van der Waals surface area contributed by atoms with Gasteiger partial charge in [0.05, 0.1) is 12.8 Å². The van der Waals surface area contributed by atoms with E-state index in [1.807, 2.05) is 0 Å². The van der Waals surface area contributed by atoms with Crippen molar-refractivity contribution in [3.63, 3.8) is 0 Å². The highest BCUT2D eigenvalue weighted by molar-refractivity contribution is 7.89. The van der Waals surface area contributed by atoms with E-state index < -0.39 is 22.5 Å². The second-order valence-electron chi connectivity index (χ2n) is 5.86. The predicted molar refractivity (Wildman–Crippen MR) is 114 cm³/mol. The number of sulfonamides is 1. The van der Waals surface area contributed by atoms with Crippen LogP contribution in [0.1, 0.15) is 13.8 Å². The SMILES string of the molecule is CCN(CC)S(=O)(=O)c1cc(Cl)ccc1OCC(=O)Nc1cc(Cl)ccc1OC. The highest BCUT2D eigenvalue weighted by Gasteiger charge is 2.26. The summed E-state index contributed by atoms with van der Waals surface area (Å²) in [6.07, 6.45) is 0. The van der Waals surface area contributed by atoms with Crippen LogP contribution in [0.15, 0.2) is 41.3 Å². The number of hydrogen-bond acceptors (Lipinski definition) is 5. The van der Waals surface area contributed by atoms with E-state index in [9.17, 15) is 13.2 Å². The van der Waals surface area contributed by atoms with Crippen molar-refractivity contribution in [1.29, 1.82) is 0 Å². The zero-order valence-corrected chi connectivity index (χ0v) is 18.6. The minimum atomic E-state index is -3.82. The Balaban J connectivity index is 2.21. The molecule has 1 N–H and O–H groups in total. The Kier molecular flexibility index (Phi) is 8.15. The van der Waals surface area contributed by atoms with Crippen molar-refractivity contribution in [3.8, 4) is 11.5 Å². The van der Waals surface area contributed by atoms with Crippen molar-refractivity contribution in [2.45, 2.75) is 18.7 Å². The average molecular weight is 461 g/mol. The second-order valence-corrected chi connectivity index (χ2v) is 8.64. The maximum atomic E-state index is 12.9. The minimum Gasteiger partial charge on any atom is -0.495 e. The number of halogens is 2. The molecule has 0 heterocycles. The van der Waals surface area contributed by atoms with Gasteiger partial charge in [0.1, 0.15) is 16.4 Å². The maximum absolute atomic E-state index is 12.9. The number of hydrogen-bond donors (Lipinski definition) is 1. The number of ether oxygens (including phenoxy) is 2. The van der Waals surface area contributed by atoms with Crippen LogP contribution in [0, 0.1) is 0 Å². The van der Waals surface area contributed by atoms with Crippen molar-refractivity contribution < 1.29 is 22.7 Å². The lowest BCUT2D eigenvalue weighted by molar-refractivity contribution is -0.118. The van der Waals surface area contributed by atoms with Gasteiger partial charge in [-0.25, -0.2) is 8.42 Å². The highest BCUT2D eigenvalue weighted by Crippen LogP contribution is 2.30. The molecule has 0 fully saturated rings. The normalized spacial score (nSPS) is 11.4. The Morgan fingerprint density at radius 3 is 2.21 bits per heavy atom. The van der Waals surface area contributed by atoms with Crippen molar-refractivity contribution >= 4 is 44.8 Å². The number of benzene rings is 2. The van der Waals surface area contributed by atoms with Gasteiger partial charge in [-0.3, -0.25) is 4.79 Å². The first kappa shape index (κ1) is 23.3. The lowest BCUT2D eigenvalue weighted by Gasteiger charge is -2.20. The van der Waals surface area contributed by atoms with Crippen molar-refractivity contribution in [2.75, 3.05) is 32.1 Å². The van der Waals surface area contributed by atoms with Gasteiger partial charge in [-0.1, -0.05) is 37.0 Å². The number of anilines is 1. The van der Waals surface area contributed by atoms with Gasteiger partial charge in [-0.05, 0) is 36.4 Å². The van der Waals surface area contributed by atoms with Crippen LogP contribution in [0.5, 0.6) is 11.5 Å². The van der Waals surface area contributed by atoms with Gasteiger partial charge >= 0.3 is 0 Å². The molecule has 0 spiro atoms.